The molecule has 0 aromatic heterocycles. The number of thioether (sulfide) groups is 1. The largest absolute Gasteiger partial charge is 0.416 e. The lowest BCUT2D eigenvalue weighted by molar-refractivity contribution is -0.109. The summed E-state index contributed by atoms with van der Waals surface area (Å²) in [6.07, 6.45) is -4.45. The smallest absolute Gasteiger partial charge is 0.288 e. The molecule has 0 amide bonds. The van der Waals surface area contributed by atoms with Crippen LogP contribution in [0.5, 0.6) is 0 Å². The van der Waals surface area contributed by atoms with Gasteiger partial charge in [-0.1, -0.05) is 42.6 Å². The van der Waals surface area contributed by atoms with E-state index in [9.17, 15) is 18.0 Å². The topological polar surface area (TPSA) is 17.1 Å². The second-order valence-corrected chi connectivity index (χ2v) is 4.57. The van der Waals surface area contributed by atoms with Crippen molar-refractivity contribution in [1.29, 1.82) is 0 Å². The van der Waals surface area contributed by atoms with Gasteiger partial charge in [0.2, 0.25) is 0 Å². The maximum Gasteiger partial charge on any atom is 0.416 e. The molecule has 0 spiro atoms. The minimum absolute atomic E-state index is 0.0498. The quantitative estimate of drug-likeness (QED) is 0.815. The molecule has 0 fully saturated rings. The molecule has 1 aromatic rings. The van der Waals surface area contributed by atoms with Crippen LogP contribution in [0.4, 0.5) is 13.2 Å². The van der Waals surface area contributed by atoms with Crippen molar-refractivity contribution in [2.24, 2.45) is 0 Å². The summed E-state index contributed by atoms with van der Waals surface area (Å²) in [6, 6.07) is 6.10. The van der Waals surface area contributed by atoms with Crippen molar-refractivity contribution in [1.82, 2.24) is 0 Å². The van der Waals surface area contributed by atoms with E-state index in [2.05, 4.69) is 6.58 Å². The Morgan fingerprint density at radius 1 is 1.35 bits per heavy atom. The molecular weight excluding hydrogens is 249 g/mol. The molecule has 0 N–H and O–H groups in total. The van der Waals surface area contributed by atoms with E-state index in [1.807, 2.05) is 0 Å². The molecule has 1 nitrogen and oxygen atoms in total. The first kappa shape index (κ1) is 13.8. The van der Waals surface area contributed by atoms with Crippen molar-refractivity contribution in [2.45, 2.75) is 18.9 Å². The van der Waals surface area contributed by atoms with Crippen LogP contribution in [0, 0.1) is 0 Å². The van der Waals surface area contributed by atoms with E-state index in [1.165, 1.54) is 19.1 Å². The van der Waals surface area contributed by atoms with Crippen LogP contribution in [-0.4, -0.2) is 11.3 Å². The molecule has 1 aromatic carbocycles. The van der Waals surface area contributed by atoms with Crippen LogP contribution in [0.1, 0.15) is 18.1 Å². The van der Waals surface area contributed by atoms with Gasteiger partial charge < -0.3 is 0 Å². The molecule has 0 aliphatic carbocycles. The van der Waals surface area contributed by atoms with Crippen LogP contribution in [0.15, 0.2) is 30.8 Å². The highest BCUT2D eigenvalue weighted by Gasteiger charge is 2.33. The molecule has 0 saturated heterocycles. The van der Waals surface area contributed by atoms with Gasteiger partial charge in [0, 0.05) is 12.7 Å². The highest BCUT2D eigenvalue weighted by Crippen LogP contribution is 2.34. The van der Waals surface area contributed by atoms with E-state index in [-0.39, 0.29) is 16.4 Å². The molecule has 0 unspecified atom stereocenters. The third-order valence-corrected chi connectivity index (χ3v) is 2.98. The number of allylic oxidation sites excluding steroid dienone is 1. The summed E-state index contributed by atoms with van der Waals surface area (Å²) in [5.41, 5.74) is -0.360. The third kappa shape index (κ3) is 3.93. The maximum atomic E-state index is 12.5. The van der Waals surface area contributed by atoms with Crippen LogP contribution in [0.25, 0.3) is 5.57 Å². The van der Waals surface area contributed by atoms with Crippen molar-refractivity contribution in [2.75, 3.05) is 0 Å². The van der Waals surface area contributed by atoms with Gasteiger partial charge in [0.15, 0.2) is 5.12 Å². The molecule has 92 valence electrons. The number of alkyl halides is 3. The van der Waals surface area contributed by atoms with Gasteiger partial charge in [-0.2, -0.15) is 13.2 Å². The zero-order valence-electron chi connectivity index (χ0n) is 9.17. The van der Waals surface area contributed by atoms with Gasteiger partial charge in [-0.15, -0.1) is 0 Å². The summed E-state index contributed by atoms with van der Waals surface area (Å²) in [5, 5.41) is -0.127. The maximum absolute atomic E-state index is 12.5. The number of benzene rings is 1. The van der Waals surface area contributed by atoms with Crippen molar-refractivity contribution >= 4 is 22.5 Å². The van der Waals surface area contributed by atoms with Crippen LogP contribution in [0.3, 0.4) is 0 Å². The van der Waals surface area contributed by atoms with Gasteiger partial charge in [-0.25, -0.2) is 0 Å². The first-order valence-corrected chi connectivity index (χ1v) is 5.78. The van der Waals surface area contributed by atoms with Crippen molar-refractivity contribution < 1.29 is 18.0 Å². The van der Waals surface area contributed by atoms with E-state index >= 15 is 0 Å². The van der Waals surface area contributed by atoms with Crippen LogP contribution in [-0.2, 0) is 10.5 Å². The van der Waals surface area contributed by atoms with Crippen LogP contribution >= 0.6 is 11.8 Å². The molecule has 17 heavy (non-hydrogen) atoms. The van der Waals surface area contributed by atoms with Crippen LogP contribution in [0.2, 0.25) is 0 Å². The van der Waals surface area contributed by atoms with Gasteiger partial charge in [-0.3, -0.25) is 4.79 Å². The van der Waals surface area contributed by atoms with Gasteiger partial charge in [0.1, 0.15) is 0 Å². The predicted molar refractivity (Wildman–Crippen MR) is 63.5 cm³/mol. The third-order valence-electron chi connectivity index (χ3n) is 2.12. The second kappa shape index (κ2) is 5.40. The molecule has 0 bridgehead atoms. The molecule has 5 heteroatoms. The second-order valence-electron chi connectivity index (χ2n) is 3.41. The van der Waals surface area contributed by atoms with Gasteiger partial charge in [0.25, 0.3) is 0 Å². The number of carbonyl (C=O) groups is 1. The minimum atomic E-state index is -4.45. The van der Waals surface area contributed by atoms with E-state index < -0.39 is 11.7 Å². The minimum Gasteiger partial charge on any atom is -0.288 e. The summed E-state index contributed by atoms with van der Waals surface area (Å²) in [5.74, 6) is 0.223. The number of hydrogen-bond acceptors (Lipinski definition) is 2. The highest BCUT2D eigenvalue weighted by molar-refractivity contribution is 8.12. The normalized spacial score (nSPS) is 11.3. The lowest BCUT2D eigenvalue weighted by Gasteiger charge is -2.13. The first-order chi connectivity index (χ1) is 7.82. The van der Waals surface area contributed by atoms with E-state index in [1.54, 1.807) is 12.1 Å². The summed E-state index contributed by atoms with van der Waals surface area (Å²) >= 11 is 0.979. The van der Waals surface area contributed by atoms with Crippen molar-refractivity contribution in [3.8, 4) is 0 Å². The Kier molecular flexibility index (Phi) is 4.40. The molecule has 0 heterocycles. The summed E-state index contributed by atoms with van der Waals surface area (Å²) in [7, 11) is 0. The van der Waals surface area contributed by atoms with Gasteiger partial charge in [0.05, 0.1) is 5.57 Å². The average molecular weight is 260 g/mol. The number of rotatable bonds is 3. The van der Waals surface area contributed by atoms with Crippen molar-refractivity contribution in [3.05, 3.63) is 42.0 Å². The molecular formula is C12H11F3OS. The monoisotopic (exact) mass is 260 g/mol. The summed E-state index contributed by atoms with van der Waals surface area (Å²) < 4.78 is 37.6. The van der Waals surface area contributed by atoms with Gasteiger partial charge >= 0.3 is 6.18 Å². The standard InChI is InChI=1S/C12H11F3OS/c1-8(12(13,14)15)11-6-4-3-5-10(11)7-17-9(2)16/h3-6H,1,7H2,2H3. The Labute approximate surface area is 102 Å². The number of halogens is 3. The predicted octanol–water partition coefficient (Wildman–Crippen LogP) is 4.04. The number of hydrogen-bond donors (Lipinski definition) is 0. The molecule has 1 rings (SSSR count). The molecule has 0 saturated carbocycles. The summed E-state index contributed by atoms with van der Waals surface area (Å²) in [4.78, 5) is 10.8. The summed E-state index contributed by atoms with van der Waals surface area (Å²) in [6.45, 7) is 4.45. The highest BCUT2D eigenvalue weighted by atomic mass is 32.2. The fourth-order valence-corrected chi connectivity index (χ4v) is 1.88. The van der Waals surface area contributed by atoms with E-state index in [4.69, 9.17) is 0 Å². The zero-order chi connectivity index (χ0) is 13.1. The lowest BCUT2D eigenvalue weighted by atomic mass is 10.0. The fraction of sp³-hybridized carbons (Fsp3) is 0.250. The van der Waals surface area contributed by atoms with E-state index in [0.717, 1.165) is 11.8 Å². The molecule has 0 aliphatic rings. The fourth-order valence-electron chi connectivity index (χ4n) is 1.27. The number of carbonyl (C=O) groups excluding carboxylic acids is 1. The average Bonchev–Trinajstić information content (AvgIpc) is 2.24. The zero-order valence-corrected chi connectivity index (χ0v) is 9.99. The molecule has 0 atom stereocenters. The molecule has 0 aliphatic heterocycles. The Morgan fingerprint density at radius 3 is 2.47 bits per heavy atom. The molecule has 0 radical (unpaired) electrons. The lowest BCUT2D eigenvalue weighted by Crippen LogP contribution is -2.11. The Balaban J connectivity index is 3.00. The van der Waals surface area contributed by atoms with Crippen molar-refractivity contribution in [3.63, 3.8) is 0 Å². The van der Waals surface area contributed by atoms with E-state index in [0.29, 0.717) is 5.56 Å². The Bertz CT molecular complexity index is 438. The van der Waals surface area contributed by atoms with Gasteiger partial charge in [-0.05, 0) is 11.1 Å². The van der Waals surface area contributed by atoms with Crippen LogP contribution < -0.4 is 0 Å². The SMILES string of the molecule is C=C(c1ccccc1CSC(C)=O)C(F)(F)F. The Morgan fingerprint density at radius 2 is 1.94 bits per heavy atom. The Hall–Kier alpha value is -1.23. The first-order valence-electron chi connectivity index (χ1n) is 4.80.